The number of carbonyl (C=O) groups is 1. The van der Waals surface area contributed by atoms with Gasteiger partial charge in [0.2, 0.25) is 0 Å². The molecule has 4 nitrogen and oxygen atoms in total. The molecule has 0 heterocycles. The number of ether oxygens (including phenoxy) is 2. The van der Waals surface area contributed by atoms with Crippen molar-refractivity contribution in [1.82, 2.24) is 4.90 Å². The van der Waals surface area contributed by atoms with Gasteiger partial charge < -0.3 is 14.4 Å². The van der Waals surface area contributed by atoms with Gasteiger partial charge in [-0.15, -0.1) is 0 Å². The summed E-state index contributed by atoms with van der Waals surface area (Å²) < 4.78 is 9.54. The maximum atomic E-state index is 10.8. The van der Waals surface area contributed by atoms with Crippen LogP contribution in [0.4, 0.5) is 0 Å². The van der Waals surface area contributed by atoms with Gasteiger partial charge in [0.15, 0.2) is 0 Å². The molecule has 0 amide bonds. The number of carbonyl (C=O) groups excluding carboxylic acids is 1. The normalized spacial score (nSPS) is 10.7. The highest BCUT2D eigenvalue weighted by molar-refractivity contribution is 5.69. The van der Waals surface area contributed by atoms with Crippen LogP contribution in [0.3, 0.4) is 0 Å². The molecule has 0 rings (SSSR count). The summed E-state index contributed by atoms with van der Waals surface area (Å²) in [5.41, 5.74) is 0. The highest BCUT2D eigenvalue weighted by Gasteiger charge is 2.02. The zero-order valence-electron chi connectivity index (χ0n) is 10.1. The first kappa shape index (κ1) is 14.4. The molecule has 0 aromatic carbocycles. The fourth-order valence-corrected chi connectivity index (χ4v) is 1.34. The first-order valence-corrected chi connectivity index (χ1v) is 5.45. The number of hydrogen-bond donors (Lipinski definition) is 0. The third kappa shape index (κ3) is 9.69. The van der Waals surface area contributed by atoms with Crippen LogP contribution in [0.5, 0.6) is 0 Å². The predicted octanol–water partition coefficient (Wildman–Crippen LogP) is 1.30. The Hall–Kier alpha value is -0.610. The minimum atomic E-state index is -0.122. The van der Waals surface area contributed by atoms with Crippen molar-refractivity contribution < 1.29 is 14.3 Å². The lowest BCUT2D eigenvalue weighted by atomic mass is 10.2. The van der Waals surface area contributed by atoms with Gasteiger partial charge in [0.1, 0.15) is 0 Å². The third-order valence-corrected chi connectivity index (χ3v) is 2.29. The van der Waals surface area contributed by atoms with Crippen molar-refractivity contribution in [3.05, 3.63) is 0 Å². The Labute approximate surface area is 92.5 Å². The van der Waals surface area contributed by atoms with Gasteiger partial charge in [0.25, 0.3) is 0 Å². The molecule has 4 heteroatoms. The molecular weight excluding hydrogens is 194 g/mol. The number of esters is 1. The van der Waals surface area contributed by atoms with E-state index >= 15 is 0 Å². The summed E-state index contributed by atoms with van der Waals surface area (Å²) in [6.45, 7) is 2.84. The van der Waals surface area contributed by atoms with E-state index in [1.165, 1.54) is 7.11 Å². The largest absolute Gasteiger partial charge is 0.469 e. The van der Waals surface area contributed by atoms with Crippen LogP contribution in [0, 0.1) is 0 Å². The molecule has 0 spiro atoms. The Balaban J connectivity index is 3.25. The zero-order valence-corrected chi connectivity index (χ0v) is 10.1. The fraction of sp³-hybridized carbons (Fsp3) is 0.909. The third-order valence-electron chi connectivity index (χ3n) is 2.29. The molecule has 0 N–H and O–H groups in total. The molecule has 0 saturated heterocycles. The van der Waals surface area contributed by atoms with Crippen molar-refractivity contribution in [3.8, 4) is 0 Å². The lowest BCUT2D eigenvalue weighted by Crippen LogP contribution is -2.22. The summed E-state index contributed by atoms with van der Waals surface area (Å²) in [5.74, 6) is -0.122. The van der Waals surface area contributed by atoms with Crippen molar-refractivity contribution in [1.29, 1.82) is 0 Å². The van der Waals surface area contributed by atoms with E-state index in [0.717, 1.165) is 39.0 Å². The van der Waals surface area contributed by atoms with E-state index in [2.05, 4.69) is 16.7 Å². The Morgan fingerprint density at radius 1 is 1.13 bits per heavy atom. The van der Waals surface area contributed by atoms with Gasteiger partial charge in [-0.3, -0.25) is 4.79 Å². The molecule has 0 atom stereocenters. The minimum absolute atomic E-state index is 0.122. The van der Waals surface area contributed by atoms with Crippen molar-refractivity contribution in [3.63, 3.8) is 0 Å². The average Bonchev–Trinajstić information content (AvgIpc) is 2.24. The molecule has 0 aliphatic rings. The first-order chi connectivity index (χ1) is 7.20. The van der Waals surface area contributed by atoms with Gasteiger partial charge >= 0.3 is 5.97 Å². The van der Waals surface area contributed by atoms with E-state index in [4.69, 9.17) is 4.74 Å². The molecule has 90 valence electrons. The molecule has 0 aliphatic heterocycles. The van der Waals surface area contributed by atoms with Gasteiger partial charge in [-0.1, -0.05) is 0 Å². The first-order valence-electron chi connectivity index (χ1n) is 5.45. The van der Waals surface area contributed by atoms with Crippen LogP contribution in [-0.4, -0.2) is 51.8 Å². The average molecular weight is 217 g/mol. The SMILES string of the molecule is COCCCCN(C)CCCC(=O)OC. The van der Waals surface area contributed by atoms with Gasteiger partial charge in [-0.05, 0) is 39.4 Å². The molecule has 15 heavy (non-hydrogen) atoms. The van der Waals surface area contributed by atoms with Crippen LogP contribution >= 0.6 is 0 Å². The van der Waals surface area contributed by atoms with Gasteiger partial charge in [0, 0.05) is 20.1 Å². The van der Waals surface area contributed by atoms with E-state index in [9.17, 15) is 4.79 Å². The predicted molar refractivity (Wildman–Crippen MR) is 59.9 cm³/mol. The number of hydrogen-bond acceptors (Lipinski definition) is 4. The van der Waals surface area contributed by atoms with Crippen LogP contribution in [0.15, 0.2) is 0 Å². The summed E-state index contributed by atoms with van der Waals surface area (Å²) in [5, 5.41) is 0. The zero-order chi connectivity index (χ0) is 11.5. The van der Waals surface area contributed by atoms with Crippen LogP contribution < -0.4 is 0 Å². The summed E-state index contributed by atoms with van der Waals surface area (Å²) >= 11 is 0. The molecule has 0 radical (unpaired) electrons. The smallest absolute Gasteiger partial charge is 0.305 e. The monoisotopic (exact) mass is 217 g/mol. The summed E-state index contributed by atoms with van der Waals surface area (Å²) in [6.07, 6.45) is 3.62. The molecule has 0 aromatic rings. The highest BCUT2D eigenvalue weighted by atomic mass is 16.5. The maximum Gasteiger partial charge on any atom is 0.305 e. The molecule has 0 bridgehead atoms. The van der Waals surface area contributed by atoms with Gasteiger partial charge in [-0.25, -0.2) is 0 Å². The second-order valence-corrected chi connectivity index (χ2v) is 3.68. The maximum absolute atomic E-state index is 10.8. The van der Waals surface area contributed by atoms with Crippen LogP contribution in [-0.2, 0) is 14.3 Å². The van der Waals surface area contributed by atoms with Crippen molar-refractivity contribution in [2.75, 3.05) is 41.0 Å². The minimum Gasteiger partial charge on any atom is -0.469 e. The van der Waals surface area contributed by atoms with Crippen molar-refractivity contribution >= 4 is 5.97 Å². The molecule has 0 aromatic heterocycles. The fourth-order valence-electron chi connectivity index (χ4n) is 1.34. The van der Waals surface area contributed by atoms with Gasteiger partial charge in [0.05, 0.1) is 7.11 Å². The number of methoxy groups -OCH3 is 2. The lowest BCUT2D eigenvalue weighted by Gasteiger charge is -2.15. The standard InChI is InChI=1S/C11H23NO3/c1-12(8-4-5-10-14-2)9-6-7-11(13)15-3/h4-10H2,1-3H3. The number of unbranched alkanes of at least 4 members (excludes halogenated alkanes) is 1. The number of rotatable bonds is 9. The van der Waals surface area contributed by atoms with Crippen molar-refractivity contribution in [2.24, 2.45) is 0 Å². The second-order valence-electron chi connectivity index (χ2n) is 3.68. The Kier molecular flexibility index (Phi) is 9.52. The van der Waals surface area contributed by atoms with Crippen LogP contribution in [0.25, 0.3) is 0 Å². The molecular formula is C11H23NO3. The van der Waals surface area contributed by atoms with E-state index in [1.54, 1.807) is 7.11 Å². The lowest BCUT2D eigenvalue weighted by molar-refractivity contribution is -0.140. The van der Waals surface area contributed by atoms with E-state index in [0.29, 0.717) is 6.42 Å². The highest BCUT2D eigenvalue weighted by Crippen LogP contribution is 1.97. The molecule has 0 aliphatic carbocycles. The summed E-state index contributed by atoms with van der Waals surface area (Å²) in [4.78, 5) is 13.1. The topological polar surface area (TPSA) is 38.8 Å². The summed E-state index contributed by atoms with van der Waals surface area (Å²) in [7, 11) is 5.22. The Morgan fingerprint density at radius 2 is 1.80 bits per heavy atom. The Bertz CT molecular complexity index is 162. The molecule has 0 unspecified atom stereocenters. The Morgan fingerprint density at radius 3 is 2.40 bits per heavy atom. The van der Waals surface area contributed by atoms with E-state index in [-0.39, 0.29) is 5.97 Å². The van der Waals surface area contributed by atoms with Gasteiger partial charge in [-0.2, -0.15) is 0 Å². The molecule has 0 fully saturated rings. The number of nitrogens with zero attached hydrogens (tertiary/aromatic N) is 1. The summed E-state index contributed by atoms with van der Waals surface area (Å²) in [6, 6.07) is 0. The van der Waals surface area contributed by atoms with Crippen LogP contribution in [0.1, 0.15) is 25.7 Å². The van der Waals surface area contributed by atoms with Crippen LogP contribution in [0.2, 0.25) is 0 Å². The van der Waals surface area contributed by atoms with Crippen molar-refractivity contribution in [2.45, 2.75) is 25.7 Å². The second kappa shape index (κ2) is 9.93. The van der Waals surface area contributed by atoms with E-state index < -0.39 is 0 Å². The van der Waals surface area contributed by atoms with E-state index in [1.807, 2.05) is 0 Å². The molecule has 0 saturated carbocycles. The quantitative estimate of drug-likeness (QED) is 0.431.